The molecule has 3 aromatic rings. The topological polar surface area (TPSA) is 167 Å². The Morgan fingerprint density at radius 3 is 1.32 bits per heavy atom. The average molecular weight is 1120 g/mol. The zero-order valence-electron chi connectivity index (χ0n) is 49.6. The quantitative estimate of drug-likeness (QED) is 0.0213. The third-order valence-corrected chi connectivity index (χ3v) is 15.2. The number of carbonyl (C=O) groups excluding carboxylic acids is 4. The number of carbonyl (C=O) groups is 4. The van der Waals surface area contributed by atoms with Gasteiger partial charge in [0.1, 0.15) is 18.3 Å². The van der Waals surface area contributed by atoms with Crippen molar-refractivity contribution >= 4 is 23.8 Å². The highest BCUT2D eigenvalue weighted by Gasteiger charge is 2.51. The lowest BCUT2D eigenvalue weighted by Gasteiger charge is -2.43. The molecular formula is C69H103NO11. The Bertz CT molecular complexity index is 2130. The van der Waals surface area contributed by atoms with Crippen molar-refractivity contribution in [2.24, 2.45) is 0 Å². The number of ether oxygens (including phenoxy) is 5. The van der Waals surface area contributed by atoms with E-state index >= 15 is 0 Å². The van der Waals surface area contributed by atoms with Crippen molar-refractivity contribution in [3.05, 3.63) is 132 Å². The highest BCUT2D eigenvalue weighted by atomic mass is 16.7. The Morgan fingerprint density at radius 2 is 0.889 bits per heavy atom. The number of esters is 3. The van der Waals surface area contributed by atoms with E-state index < -0.39 is 67.4 Å². The van der Waals surface area contributed by atoms with Crippen LogP contribution in [-0.4, -0.2) is 90.1 Å². The molecule has 1 aliphatic rings. The third-order valence-electron chi connectivity index (χ3n) is 15.2. The van der Waals surface area contributed by atoms with Gasteiger partial charge in [0.2, 0.25) is 5.91 Å². The summed E-state index contributed by atoms with van der Waals surface area (Å²) in [5.74, 6) is -2.47. The van der Waals surface area contributed by atoms with Crippen LogP contribution < -0.4 is 5.32 Å². The van der Waals surface area contributed by atoms with Gasteiger partial charge in [0, 0.05) is 6.42 Å². The molecule has 1 fully saturated rings. The van der Waals surface area contributed by atoms with E-state index in [1.165, 1.54) is 148 Å². The van der Waals surface area contributed by atoms with Crippen molar-refractivity contribution in [2.45, 2.75) is 262 Å². The first kappa shape index (κ1) is 68.4. The fourth-order valence-electron chi connectivity index (χ4n) is 10.3. The summed E-state index contributed by atoms with van der Waals surface area (Å²) in [7, 11) is 0. The molecule has 3 N–H and O–H groups in total. The second kappa shape index (κ2) is 44.4. The number of rotatable bonds is 46. The molecule has 0 aromatic heterocycles. The van der Waals surface area contributed by atoms with Gasteiger partial charge in [-0.2, -0.15) is 0 Å². The van der Waals surface area contributed by atoms with Crippen LogP contribution in [0.15, 0.2) is 115 Å². The van der Waals surface area contributed by atoms with Gasteiger partial charge in [0.05, 0.1) is 35.9 Å². The average Bonchev–Trinajstić information content (AvgIpc) is 3.67. The fourth-order valence-corrected chi connectivity index (χ4v) is 10.3. The fraction of sp³-hybridized carbons (Fsp3) is 0.623. The molecule has 4 rings (SSSR count). The third kappa shape index (κ3) is 29.6. The van der Waals surface area contributed by atoms with Crippen LogP contribution in [0, 0.1) is 0 Å². The molecule has 81 heavy (non-hydrogen) atoms. The van der Waals surface area contributed by atoms with Crippen molar-refractivity contribution in [3.63, 3.8) is 0 Å². The number of nitrogens with one attached hydrogen (secondary N) is 1. The minimum Gasteiger partial charge on any atom is -0.452 e. The van der Waals surface area contributed by atoms with E-state index in [-0.39, 0.29) is 30.1 Å². The number of hydrogen-bond acceptors (Lipinski definition) is 11. The first-order valence-electron chi connectivity index (χ1n) is 31.7. The molecular weight excluding hydrogens is 1020 g/mol. The molecule has 1 saturated heterocycles. The molecule has 0 bridgehead atoms. The largest absolute Gasteiger partial charge is 0.452 e. The van der Waals surface area contributed by atoms with Crippen LogP contribution in [0.25, 0.3) is 0 Å². The highest BCUT2D eigenvalue weighted by molar-refractivity contribution is 5.91. The van der Waals surface area contributed by atoms with Crippen LogP contribution in [0.4, 0.5) is 0 Å². The number of amides is 1. The maximum Gasteiger partial charge on any atom is 0.338 e. The molecule has 1 amide bonds. The van der Waals surface area contributed by atoms with Gasteiger partial charge in [-0.25, -0.2) is 14.4 Å². The number of hydrogen-bond donors (Lipinski definition) is 3. The molecule has 0 radical (unpaired) electrons. The second-order valence-corrected chi connectivity index (χ2v) is 22.1. The molecule has 0 spiro atoms. The predicted molar refractivity (Wildman–Crippen MR) is 324 cm³/mol. The van der Waals surface area contributed by atoms with Crippen LogP contribution in [0.3, 0.4) is 0 Å². The maximum absolute atomic E-state index is 14.0. The number of unbranched alkanes of at least 4 members (excludes halogenated alkanes) is 28. The summed E-state index contributed by atoms with van der Waals surface area (Å²) in [5, 5.41) is 25.2. The Kier molecular flexibility index (Phi) is 37.5. The maximum atomic E-state index is 14.0. The smallest absolute Gasteiger partial charge is 0.338 e. The van der Waals surface area contributed by atoms with E-state index in [9.17, 15) is 29.4 Å². The number of aliphatic hydroxyl groups excluding tert-OH is 2. The number of allylic oxidation sites excluding steroid dienone is 3. The molecule has 12 nitrogen and oxygen atoms in total. The Labute approximate surface area is 487 Å². The standard InChI is InChI=1S/C69H103NO11/c1-3-5-7-9-11-13-15-17-18-19-20-21-22-23-24-26-28-30-32-34-45-53-62(72)70-59(60(78-66(74)56-46-38-35-39-47-56)52-44-33-31-29-27-25-16-14-12-10-8-6-4-2)55-77-69-65(81-68(76)58-50-42-37-43-51-58)64(63(73)61(54-71)79-69)80-67(75)57-48-40-36-41-49-57/h17-18,35-44,46-52,59-61,63-65,69,71,73H,3-16,19-34,45,53-55H2,1-2H3,(H,70,72)/b18-17-,52-44+/t59-,60+,61+,63-,64-,65+,69+/m0/s1. The lowest BCUT2D eigenvalue weighted by Crippen LogP contribution is -2.62. The summed E-state index contributed by atoms with van der Waals surface area (Å²) < 4.78 is 30.7. The van der Waals surface area contributed by atoms with Crippen molar-refractivity contribution < 1.29 is 53.1 Å². The van der Waals surface area contributed by atoms with Gasteiger partial charge >= 0.3 is 17.9 Å². The summed E-state index contributed by atoms with van der Waals surface area (Å²) in [4.78, 5) is 55.2. The zero-order valence-corrected chi connectivity index (χ0v) is 49.6. The summed E-state index contributed by atoms with van der Waals surface area (Å²) in [6.07, 6.45) is 37.2. The van der Waals surface area contributed by atoms with Gasteiger partial charge in [-0.1, -0.05) is 241 Å². The second-order valence-electron chi connectivity index (χ2n) is 22.1. The molecule has 0 unspecified atom stereocenters. The first-order valence-corrected chi connectivity index (χ1v) is 31.7. The van der Waals surface area contributed by atoms with Gasteiger partial charge in [-0.15, -0.1) is 0 Å². The minimum atomic E-state index is -1.64. The van der Waals surface area contributed by atoms with Crippen LogP contribution >= 0.6 is 0 Å². The van der Waals surface area contributed by atoms with Crippen molar-refractivity contribution in [1.29, 1.82) is 0 Å². The van der Waals surface area contributed by atoms with Gasteiger partial charge in [0.25, 0.3) is 0 Å². The predicted octanol–water partition coefficient (Wildman–Crippen LogP) is 15.9. The summed E-state index contributed by atoms with van der Waals surface area (Å²) in [6, 6.07) is 24.0. The molecule has 0 saturated carbocycles. The molecule has 1 heterocycles. The Morgan fingerprint density at radius 1 is 0.506 bits per heavy atom. The van der Waals surface area contributed by atoms with E-state index in [2.05, 4.69) is 31.3 Å². The molecule has 1 aliphatic heterocycles. The van der Waals surface area contributed by atoms with E-state index in [1.807, 2.05) is 12.1 Å². The van der Waals surface area contributed by atoms with Crippen molar-refractivity contribution in [1.82, 2.24) is 5.32 Å². The van der Waals surface area contributed by atoms with Gasteiger partial charge in [-0.05, 0) is 87.4 Å². The van der Waals surface area contributed by atoms with E-state index in [0.717, 1.165) is 44.9 Å². The number of benzene rings is 3. The van der Waals surface area contributed by atoms with Crippen LogP contribution in [0.1, 0.15) is 250 Å². The van der Waals surface area contributed by atoms with E-state index in [4.69, 9.17) is 23.7 Å². The minimum absolute atomic E-state index is 0.182. The first-order chi connectivity index (χ1) is 39.7. The number of aliphatic hydroxyl groups is 2. The monoisotopic (exact) mass is 1120 g/mol. The van der Waals surface area contributed by atoms with Gasteiger partial charge in [0.15, 0.2) is 18.5 Å². The van der Waals surface area contributed by atoms with E-state index in [1.54, 1.807) is 91.0 Å². The van der Waals surface area contributed by atoms with Crippen molar-refractivity contribution in [3.8, 4) is 0 Å². The SMILES string of the molecule is CCCCCCCC/C=C\CCCCCCCCCCCCCC(=O)N[C@@H](CO[C@@H]1O[C@H](CO)[C@H](O)[C@H](OC(=O)c2ccccc2)[C@H]1OC(=O)c1ccccc1)[C@@H](/C=C/CCCCCCCCCCCCC)OC(=O)c1ccccc1. The lowest BCUT2D eigenvalue weighted by molar-refractivity contribution is -0.300. The molecule has 450 valence electrons. The molecule has 7 atom stereocenters. The van der Waals surface area contributed by atoms with Crippen molar-refractivity contribution in [2.75, 3.05) is 13.2 Å². The van der Waals surface area contributed by atoms with Crippen LogP contribution in [0.5, 0.6) is 0 Å². The van der Waals surface area contributed by atoms with Crippen LogP contribution in [-0.2, 0) is 28.5 Å². The zero-order chi connectivity index (χ0) is 57.8. The molecule has 0 aliphatic carbocycles. The van der Waals surface area contributed by atoms with Crippen LogP contribution in [0.2, 0.25) is 0 Å². The summed E-state index contributed by atoms with van der Waals surface area (Å²) >= 11 is 0. The molecule has 12 heteroatoms. The molecule has 3 aromatic carbocycles. The Balaban J connectivity index is 1.41. The lowest BCUT2D eigenvalue weighted by atomic mass is 9.98. The summed E-state index contributed by atoms with van der Waals surface area (Å²) in [6.45, 7) is 3.47. The Hall–Kier alpha value is -5.14. The van der Waals surface area contributed by atoms with E-state index in [0.29, 0.717) is 12.0 Å². The highest BCUT2D eigenvalue weighted by Crippen LogP contribution is 2.29. The summed E-state index contributed by atoms with van der Waals surface area (Å²) in [5.41, 5.74) is 0.695. The van der Waals surface area contributed by atoms with Gasteiger partial charge in [-0.3, -0.25) is 4.79 Å². The van der Waals surface area contributed by atoms with Gasteiger partial charge < -0.3 is 39.2 Å². The normalized spacial score (nSPS) is 18.0.